The van der Waals surface area contributed by atoms with Crippen molar-refractivity contribution in [1.82, 2.24) is 25.1 Å². The van der Waals surface area contributed by atoms with E-state index in [4.69, 9.17) is 19.1 Å². The summed E-state index contributed by atoms with van der Waals surface area (Å²) in [4.78, 5) is 39.7. The Morgan fingerprint density at radius 2 is 1.98 bits per heavy atom. The molecular weight excluding hydrogens is 656 g/mol. The number of carbonyl (C=O) groups is 1. The fourth-order valence-electron chi connectivity index (χ4n) is 8.69. The Morgan fingerprint density at radius 3 is 2.78 bits per heavy atom. The summed E-state index contributed by atoms with van der Waals surface area (Å²) < 4.78 is 26.0. The van der Waals surface area contributed by atoms with Crippen molar-refractivity contribution in [1.29, 1.82) is 0 Å². The number of nitrogens with zero attached hydrogens (tertiary/aromatic N) is 4. The van der Waals surface area contributed by atoms with E-state index >= 15 is 0 Å². The van der Waals surface area contributed by atoms with Crippen molar-refractivity contribution in [2.45, 2.75) is 50.1 Å². The summed E-state index contributed by atoms with van der Waals surface area (Å²) in [5.41, 5.74) is 6.24. The number of aryl methyl sites for hydroxylation is 2. The molecule has 10 rings (SSSR count). The summed E-state index contributed by atoms with van der Waals surface area (Å²) in [6.45, 7) is 0.690. The highest BCUT2D eigenvalue weighted by Gasteiger charge is 2.70. The number of amides is 1. The zero-order valence-electron chi connectivity index (χ0n) is 27.1. The number of H-pyrrole nitrogens is 1. The number of nitrogens with one attached hydrogen (secondary N) is 2. The SMILES string of the molecule is COc1cccc2c1CC[C@H]2Nc1nccc2cc(-c3c4c(nc(CCc5ccc(F)cc5)c3-c3n[nH]c(=O)o3)[C@@]35C[C@@H]3CCN5C4=O)sc12. The number of ether oxygens (including phenoxy) is 1. The Balaban J connectivity index is 1.15. The minimum atomic E-state index is -0.691. The maximum atomic E-state index is 14.4. The average Bonchev–Trinajstić information content (AvgIpc) is 3.68. The van der Waals surface area contributed by atoms with Crippen LogP contribution < -0.4 is 15.8 Å². The van der Waals surface area contributed by atoms with E-state index < -0.39 is 11.3 Å². The number of carbonyl (C=O) groups excluding carboxylic acids is 1. The van der Waals surface area contributed by atoms with Gasteiger partial charge in [0.05, 0.1) is 45.9 Å². The fraction of sp³-hybridized carbons (Fsp3) is 0.289. The molecule has 2 aliphatic carbocycles. The Kier molecular flexibility index (Phi) is 6.39. The van der Waals surface area contributed by atoms with Gasteiger partial charge in [0.15, 0.2) is 0 Å². The number of fused-ring (bicyclic) bond motifs is 3. The molecular formula is C38H31FN6O4S. The van der Waals surface area contributed by atoms with E-state index in [0.29, 0.717) is 47.7 Å². The third-order valence-corrected chi connectivity index (χ3v) is 12.2. The van der Waals surface area contributed by atoms with Crippen molar-refractivity contribution < 1.29 is 18.3 Å². The van der Waals surface area contributed by atoms with Crippen LogP contribution in [-0.4, -0.2) is 44.6 Å². The van der Waals surface area contributed by atoms with Gasteiger partial charge >= 0.3 is 5.76 Å². The first kappa shape index (κ1) is 29.5. The van der Waals surface area contributed by atoms with E-state index in [2.05, 4.69) is 27.6 Å². The Bertz CT molecular complexity index is 2440. The molecule has 0 radical (unpaired) electrons. The van der Waals surface area contributed by atoms with Gasteiger partial charge in [0.2, 0.25) is 0 Å². The number of aromatic amines is 1. The lowest BCUT2D eigenvalue weighted by atomic mass is 9.92. The minimum absolute atomic E-state index is 0.0443. The molecule has 6 heterocycles. The van der Waals surface area contributed by atoms with Gasteiger partial charge in [0.1, 0.15) is 17.4 Å². The molecule has 0 bridgehead atoms. The van der Waals surface area contributed by atoms with Crippen LogP contribution in [0.4, 0.5) is 10.2 Å². The second kappa shape index (κ2) is 10.8. The zero-order chi connectivity index (χ0) is 33.7. The topological polar surface area (TPSA) is 126 Å². The molecule has 250 valence electrons. The number of anilines is 1. The zero-order valence-corrected chi connectivity index (χ0v) is 27.9. The third-order valence-electron chi connectivity index (χ3n) is 11.1. The molecule has 1 spiro atoms. The predicted octanol–water partition coefficient (Wildman–Crippen LogP) is 6.81. The van der Waals surface area contributed by atoms with E-state index in [1.807, 2.05) is 23.1 Å². The van der Waals surface area contributed by atoms with Crippen LogP contribution >= 0.6 is 11.3 Å². The van der Waals surface area contributed by atoms with Crippen LogP contribution in [0.1, 0.15) is 63.7 Å². The first-order valence-electron chi connectivity index (χ1n) is 16.9. The van der Waals surface area contributed by atoms with E-state index in [0.717, 1.165) is 63.5 Å². The number of hydrogen-bond donors (Lipinski definition) is 2. The van der Waals surface area contributed by atoms with Crippen LogP contribution in [0.5, 0.6) is 5.75 Å². The van der Waals surface area contributed by atoms with Crippen LogP contribution in [0, 0.1) is 11.7 Å². The quantitative estimate of drug-likeness (QED) is 0.179. The molecule has 0 unspecified atom stereocenters. The second-order valence-electron chi connectivity index (χ2n) is 13.6. The van der Waals surface area contributed by atoms with Crippen LogP contribution in [0.25, 0.3) is 32.0 Å². The summed E-state index contributed by atoms with van der Waals surface area (Å²) in [5, 5.41) is 11.4. The van der Waals surface area contributed by atoms with Crippen LogP contribution in [-0.2, 0) is 24.8 Å². The molecule has 50 heavy (non-hydrogen) atoms. The van der Waals surface area contributed by atoms with Gasteiger partial charge in [-0.05, 0) is 96.9 Å². The largest absolute Gasteiger partial charge is 0.496 e. The highest BCUT2D eigenvalue weighted by Crippen LogP contribution is 2.67. The number of piperidine rings is 1. The van der Waals surface area contributed by atoms with Crippen LogP contribution in [0.15, 0.2) is 70.0 Å². The van der Waals surface area contributed by atoms with Gasteiger partial charge in [-0.25, -0.2) is 19.3 Å². The molecule has 2 N–H and O–H groups in total. The Hall–Kier alpha value is -5.36. The number of pyridine rings is 2. The van der Waals surface area contributed by atoms with E-state index in [-0.39, 0.29) is 23.7 Å². The molecule has 6 aromatic rings. The Labute approximate surface area is 289 Å². The standard InChI is InChI=1S/C38H31FN6O4S/c1-48-27-4-2-3-23-24(27)10-12-25(23)42-34-32-20(13-15-40-34)17-28(50-32)30-29(35-43-44-37(47)49-35)26(11-7-19-5-8-22(39)9-6-19)41-33-31(30)36(46)45-16-14-21-18-38(21,33)45/h2-6,8-9,13,15,17,21,25H,7,10-12,14,16,18H2,1H3,(H,40,42)(H,44,47)/t21-,25+,38+/m0/s1. The molecule has 2 aromatic carbocycles. The first-order chi connectivity index (χ1) is 24.4. The lowest BCUT2D eigenvalue weighted by Gasteiger charge is -2.19. The first-order valence-corrected chi connectivity index (χ1v) is 17.8. The summed E-state index contributed by atoms with van der Waals surface area (Å²) in [5.74, 6) is 1.10. The molecule has 2 aliphatic heterocycles. The van der Waals surface area contributed by atoms with Crippen molar-refractivity contribution >= 4 is 33.1 Å². The van der Waals surface area contributed by atoms with Crippen molar-refractivity contribution in [2.75, 3.05) is 19.0 Å². The molecule has 1 saturated carbocycles. The second-order valence-corrected chi connectivity index (χ2v) is 14.7. The van der Waals surface area contributed by atoms with Crippen molar-refractivity contribution in [3.63, 3.8) is 0 Å². The van der Waals surface area contributed by atoms with Crippen molar-refractivity contribution in [2.24, 2.45) is 5.92 Å². The lowest BCUT2D eigenvalue weighted by molar-refractivity contribution is 0.0738. The monoisotopic (exact) mass is 686 g/mol. The molecule has 2 fully saturated rings. The number of thiophene rings is 1. The molecule has 3 atom stereocenters. The summed E-state index contributed by atoms with van der Waals surface area (Å²) in [6.07, 6.45) is 6.52. The Morgan fingerprint density at radius 1 is 1.10 bits per heavy atom. The van der Waals surface area contributed by atoms with Crippen LogP contribution in [0.2, 0.25) is 0 Å². The average molecular weight is 687 g/mol. The number of halogens is 1. The summed E-state index contributed by atoms with van der Waals surface area (Å²) >= 11 is 1.55. The van der Waals surface area contributed by atoms with Gasteiger partial charge in [-0.15, -0.1) is 16.4 Å². The maximum absolute atomic E-state index is 14.4. The van der Waals surface area contributed by atoms with E-state index in [9.17, 15) is 14.0 Å². The molecule has 4 aromatic heterocycles. The summed E-state index contributed by atoms with van der Waals surface area (Å²) in [7, 11) is 1.70. The fourth-order valence-corrected chi connectivity index (χ4v) is 9.86. The highest BCUT2D eigenvalue weighted by atomic mass is 32.1. The van der Waals surface area contributed by atoms with E-state index in [1.165, 1.54) is 23.3 Å². The van der Waals surface area contributed by atoms with Gasteiger partial charge in [-0.3, -0.25) is 9.78 Å². The number of aromatic nitrogens is 4. The van der Waals surface area contributed by atoms with Gasteiger partial charge < -0.3 is 19.4 Å². The smallest absolute Gasteiger partial charge is 0.434 e. The van der Waals surface area contributed by atoms with Crippen molar-refractivity contribution in [3.8, 4) is 27.6 Å². The highest BCUT2D eigenvalue weighted by molar-refractivity contribution is 7.23. The maximum Gasteiger partial charge on any atom is 0.434 e. The summed E-state index contributed by atoms with van der Waals surface area (Å²) in [6, 6.07) is 16.7. The minimum Gasteiger partial charge on any atom is -0.496 e. The number of benzene rings is 2. The third kappa shape index (κ3) is 4.27. The van der Waals surface area contributed by atoms with Crippen molar-refractivity contribution in [3.05, 3.63) is 111 Å². The molecule has 4 aliphatic rings. The lowest BCUT2D eigenvalue weighted by Crippen LogP contribution is -2.30. The van der Waals surface area contributed by atoms with Gasteiger partial charge in [0, 0.05) is 23.2 Å². The predicted molar refractivity (Wildman–Crippen MR) is 186 cm³/mol. The molecule has 10 nitrogen and oxygen atoms in total. The van der Waals surface area contributed by atoms with Gasteiger partial charge in [-0.2, -0.15) is 0 Å². The molecule has 12 heteroatoms. The number of methoxy groups -OCH3 is 1. The number of rotatable bonds is 8. The van der Waals surface area contributed by atoms with E-state index in [1.54, 1.807) is 36.8 Å². The number of hydrogen-bond acceptors (Lipinski definition) is 9. The van der Waals surface area contributed by atoms with Gasteiger partial charge in [-0.1, -0.05) is 24.3 Å². The van der Waals surface area contributed by atoms with Gasteiger partial charge in [0.25, 0.3) is 11.8 Å². The normalized spacial score (nSPS) is 21.3. The molecule has 1 amide bonds. The van der Waals surface area contributed by atoms with Crippen LogP contribution in [0.3, 0.4) is 0 Å². The molecule has 1 saturated heterocycles.